The lowest BCUT2D eigenvalue weighted by Crippen LogP contribution is -2.42. The molecule has 2 heterocycles. The zero-order valence-corrected chi connectivity index (χ0v) is 17.3. The molecule has 0 radical (unpaired) electrons. The van der Waals surface area contributed by atoms with Crippen LogP contribution < -0.4 is 4.90 Å². The van der Waals surface area contributed by atoms with Crippen LogP contribution in [0.1, 0.15) is 50.8 Å². The average molecular weight is 378 g/mol. The number of pyridine rings is 1. The van der Waals surface area contributed by atoms with Crippen molar-refractivity contribution in [3.8, 4) is 0 Å². The molecule has 1 saturated carbocycles. The molecule has 0 saturated heterocycles. The number of aromatic nitrogens is 1. The Morgan fingerprint density at radius 2 is 1.82 bits per heavy atom. The van der Waals surface area contributed by atoms with E-state index in [1.54, 1.807) is 0 Å². The molecule has 2 aliphatic rings. The Balaban J connectivity index is 1.37. The summed E-state index contributed by atoms with van der Waals surface area (Å²) < 4.78 is 0. The van der Waals surface area contributed by atoms with Gasteiger partial charge in [-0.3, -0.25) is 14.7 Å². The van der Waals surface area contributed by atoms with Gasteiger partial charge in [0.2, 0.25) is 5.91 Å². The Labute approximate surface area is 168 Å². The first-order chi connectivity index (χ1) is 13.5. The molecule has 4 nitrogen and oxygen atoms in total. The van der Waals surface area contributed by atoms with Crippen LogP contribution in [0.15, 0.2) is 48.7 Å². The molecule has 1 fully saturated rings. The molecule has 28 heavy (non-hydrogen) atoms. The molecule has 0 atom stereocenters. The normalized spacial score (nSPS) is 23.6. The van der Waals surface area contributed by atoms with Crippen LogP contribution >= 0.6 is 0 Å². The fraction of sp³-hybridized carbons (Fsp3) is 0.500. The largest absolute Gasteiger partial charge is 0.309 e. The van der Waals surface area contributed by atoms with Gasteiger partial charge in [0.05, 0.1) is 11.4 Å². The van der Waals surface area contributed by atoms with Gasteiger partial charge in [-0.15, -0.1) is 0 Å². The molecule has 1 aliphatic heterocycles. The van der Waals surface area contributed by atoms with Crippen LogP contribution in [0.25, 0.3) is 0 Å². The highest BCUT2D eigenvalue weighted by atomic mass is 16.2. The summed E-state index contributed by atoms with van der Waals surface area (Å²) in [5, 5.41) is 0. The van der Waals surface area contributed by atoms with Gasteiger partial charge in [0.1, 0.15) is 0 Å². The van der Waals surface area contributed by atoms with E-state index < -0.39 is 0 Å². The lowest BCUT2D eigenvalue weighted by molar-refractivity contribution is -0.123. The van der Waals surface area contributed by atoms with Gasteiger partial charge in [-0.2, -0.15) is 0 Å². The third-order valence-electron chi connectivity index (χ3n) is 6.48. The standard InChI is InChI=1S/C24H31N3O/c1-24(2)17-27(21-10-7-15-25-22(21)24)23(28)19-11-13-20(14-12-19)26(3)16-18-8-5-4-6-9-18/h4-10,15,19-20H,11-14,16-17H2,1-3H3. The predicted molar refractivity (Wildman–Crippen MR) is 113 cm³/mol. The van der Waals surface area contributed by atoms with Crippen LogP contribution in [-0.4, -0.2) is 35.4 Å². The molecule has 0 spiro atoms. The number of hydrogen-bond donors (Lipinski definition) is 0. The third-order valence-corrected chi connectivity index (χ3v) is 6.48. The minimum Gasteiger partial charge on any atom is -0.309 e. The number of carbonyl (C=O) groups excluding carboxylic acids is 1. The van der Waals surface area contributed by atoms with Crippen molar-refractivity contribution in [3.63, 3.8) is 0 Å². The van der Waals surface area contributed by atoms with E-state index >= 15 is 0 Å². The van der Waals surface area contributed by atoms with Crippen LogP contribution in [0.5, 0.6) is 0 Å². The number of fused-ring (bicyclic) bond motifs is 1. The second-order valence-electron chi connectivity index (χ2n) is 9.09. The summed E-state index contributed by atoms with van der Waals surface area (Å²) in [4.78, 5) is 22.3. The quantitative estimate of drug-likeness (QED) is 0.792. The van der Waals surface area contributed by atoms with Crippen molar-refractivity contribution in [1.29, 1.82) is 0 Å². The monoisotopic (exact) mass is 377 g/mol. The lowest BCUT2D eigenvalue weighted by Gasteiger charge is -2.35. The molecule has 0 unspecified atom stereocenters. The van der Waals surface area contributed by atoms with E-state index in [0.29, 0.717) is 11.9 Å². The second kappa shape index (κ2) is 7.67. The van der Waals surface area contributed by atoms with Gasteiger partial charge in [-0.05, 0) is 50.4 Å². The zero-order chi connectivity index (χ0) is 19.7. The highest BCUT2D eigenvalue weighted by Gasteiger charge is 2.41. The van der Waals surface area contributed by atoms with Crippen molar-refractivity contribution in [3.05, 3.63) is 59.9 Å². The molecule has 4 heteroatoms. The van der Waals surface area contributed by atoms with Gasteiger partial charge in [0.15, 0.2) is 0 Å². The summed E-state index contributed by atoms with van der Waals surface area (Å²) in [6.07, 6.45) is 5.99. The fourth-order valence-corrected chi connectivity index (χ4v) is 4.87. The molecule has 148 valence electrons. The molecular weight excluding hydrogens is 346 g/mol. The third kappa shape index (κ3) is 3.70. The van der Waals surface area contributed by atoms with Crippen molar-refractivity contribution in [1.82, 2.24) is 9.88 Å². The Bertz CT molecular complexity index is 825. The SMILES string of the molecule is CN(Cc1ccccc1)C1CCC(C(=O)N2CC(C)(C)c3ncccc32)CC1. The number of rotatable bonds is 4. The molecule has 4 rings (SSSR count). The predicted octanol–water partition coefficient (Wildman–Crippen LogP) is 4.40. The van der Waals surface area contributed by atoms with Crippen molar-refractivity contribution in [2.75, 3.05) is 18.5 Å². The molecule has 1 aliphatic carbocycles. The van der Waals surface area contributed by atoms with Gasteiger partial charge in [-0.25, -0.2) is 0 Å². The first-order valence-corrected chi connectivity index (χ1v) is 10.5. The summed E-state index contributed by atoms with van der Waals surface area (Å²) in [5.41, 5.74) is 3.35. The molecule has 0 bridgehead atoms. The highest BCUT2D eigenvalue weighted by molar-refractivity contribution is 5.97. The summed E-state index contributed by atoms with van der Waals surface area (Å²) >= 11 is 0. The maximum absolute atomic E-state index is 13.3. The van der Waals surface area contributed by atoms with E-state index in [2.05, 4.69) is 61.1 Å². The summed E-state index contributed by atoms with van der Waals surface area (Å²) in [5.74, 6) is 0.437. The molecule has 1 aromatic carbocycles. The van der Waals surface area contributed by atoms with Crippen LogP contribution in [-0.2, 0) is 16.8 Å². The summed E-state index contributed by atoms with van der Waals surface area (Å²) in [6.45, 7) is 6.08. The fourth-order valence-electron chi connectivity index (χ4n) is 4.87. The Kier molecular flexibility index (Phi) is 5.24. The minimum absolute atomic E-state index is 0.0701. The van der Waals surface area contributed by atoms with Crippen LogP contribution in [0.3, 0.4) is 0 Å². The van der Waals surface area contributed by atoms with Gasteiger partial charge >= 0.3 is 0 Å². The highest BCUT2D eigenvalue weighted by Crippen LogP contribution is 2.40. The molecular formula is C24H31N3O. The number of amides is 1. The van der Waals surface area contributed by atoms with Crippen molar-refractivity contribution in [2.24, 2.45) is 5.92 Å². The molecule has 2 aromatic rings. The smallest absolute Gasteiger partial charge is 0.230 e. The van der Waals surface area contributed by atoms with E-state index in [0.717, 1.165) is 50.2 Å². The zero-order valence-electron chi connectivity index (χ0n) is 17.3. The van der Waals surface area contributed by atoms with Crippen LogP contribution in [0.2, 0.25) is 0 Å². The van der Waals surface area contributed by atoms with E-state index in [-0.39, 0.29) is 11.3 Å². The Morgan fingerprint density at radius 3 is 2.54 bits per heavy atom. The van der Waals surface area contributed by atoms with Crippen LogP contribution in [0, 0.1) is 5.92 Å². The lowest BCUT2D eigenvalue weighted by atomic mass is 9.84. The second-order valence-corrected chi connectivity index (χ2v) is 9.09. The first-order valence-electron chi connectivity index (χ1n) is 10.5. The first kappa shape index (κ1) is 19.1. The van der Waals surface area contributed by atoms with Gasteiger partial charge in [-0.1, -0.05) is 44.2 Å². The number of nitrogens with zero attached hydrogens (tertiary/aromatic N) is 3. The topological polar surface area (TPSA) is 36.4 Å². The van der Waals surface area contributed by atoms with E-state index in [4.69, 9.17) is 0 Å². The Morgan fingerprint density at radius 1 is 1.11 bits per heavy atom. The summed E-state index contributed by atoms with van der Waals surface area (Å²) in [6, 6.07) is 15.2. The number of anilines is 1. The number of benzene rings is 1. The van der Waals surface area contributed by atoms with E-state index in [9.17, 15) is 4.79 Å². The maximum atomic E-state index is 13.3. The molecule has 1 aromatic heterocycles. The van der Waals surface area contributed by atoms with Crippen molar-refractivity contribution >= 4 is 11.6 Å². The van der Waals surface area contributed by atoms with Crippen LogP contribution in [0.4, 0.5) is 5.69 Å². The van der Waals surface area contributed by atoms with E-state index in [1.807, 2.05) is 23.2 Å². The average Bonchev–Trinajstić information content (AvgIpc) is 3.00. The Hall–Kier alpha value is -2.20. The van der Waals surface area contributed by atoms with Gasteiger partial charge < -0.3 is 4.90 Å². The summed E-state index contributed by atoms with van der Waals surface area (Å²) in [7, 11) is 2.21. The molecule has 0 N–H and O–H groups in total. The molecule has 1 amide bonds. The van der Waals surface area contributed by atoms with Crippen molar-refractivity contribution in [2.45, 2.75) is 57.5 Å². The van der Waals surface area contributed by atoms with Gasteiger partial charge in [0.25, 0.3) is 0 Å². The maximum Gasteiger partial charge on any atom is 0.230 e. The van der Waals surface area contributed by atoms with E-state index in [1.165, 1.54) is 5.56 Å². The number of hydrogen-bond acceptors (Lipinski definition) is 3. The van der Waals surface area contributed by atoms with Crippen molar-refractivity contribution < 1.29 is 4.79 Å². The van der Waals surface area contributed by atoms with Gasteiger partial charge in [0, 0.05) is 36.7 Å². The minimum atomic E-state index is -0.0701. The number of carbonyl (C=O) groups is 1.